The SMILES string of the molecule is COC(=O)c1cn(C(=O)C2CCN(S(=O)(=O)Cc3ccccc3Cl)CC2)c2ccccc12. The van der Waals surface area contributed by atoms with Crippen molar-refractivity contribution in [2.75, 3.05) is 20.2 Å². The van der Waals surface area contributed by atoms with Gasteiger partial charge >= 0.3 is 5.97 Å². The summed E-state index contributed by atoms with van der Waals surface area (Å²) in [6.07, 6.45) is 2.32. The van der Waals surface area contributed by atoms with Gasteiger partial charge in [-0.05, 0) is 30.5 Å². The number of hydrogen-bond acceptors (Lipinski definition) is 5. The Morgan fingerprint density at radius 3 is 2.41 bits per heavy atom. The van der Waals surface area contributed by atoms with E-state index in [0.717, 1.165) is 0 Å². The molecule has 0 aliphatic carbocycles. The molecule has 3 aromatic rings. The summed E-state index contributed by atoms with van der Waals surface area (Å²) in [5.41, 5.74) is 1.52. The molecule has 0 atom stereocenters. The summed E-state index contributed by atoms with van der Waals surface area (Å²) < 4.78 is 33.5. The molecule has 0 amide bonds. The Kier molecular flexibility index (Phi) is 6.37. The molecule has 7 nitrogen and oxygen atoms in total. The first-order chi connectivity index (χ1) is 15.3. The molecule has 1 saturated heterocycles. The van der Waals surface area contributed by atoms with E-state index in [4.69, 9.17) is 16.3 Å². The van der Waals surface area contributed by atoms with Crippen molar-refractivity contribution in [1.29, 1.82) is 0 Å². The van der Waals surface area contributed by atoms with Gasteiger partial charge in [-0.25, -0.2) is 17.5 Å². The van der Waals surface area contributed by atoms with Gasteiger partial charge in [-0.3, -0.25) is 9.36 Å². The van der Waals surface area contributed by atoms with E-state index in [-0.39, 0.29) is 30.7 Å². The quantitative estimate of drug-likeness (QED) is 0.522. The maximum absolute atomic E-state index is 13.3. The molecule has 0 radical (unpaired) electrons. The molecule has 2 aromatic carbocycles. The third-order valence-corrected chi connectivity index (χ3v) is 8.04. The molecule has 0 spiro atoms. The van der Waals surface area contributed by atoms with Crippen LogP contribution < -0.4 is 0 Å². The van der Waals surface area contributed by atoms with Crippen molar-refractivity contribution in [2.45, 2.75) is 18.6 Å². The summed E-state index contributed by atoms with van der Waals surface area (Å²) in [5, 5.41) is 1.06. The summed E-state index contributed by atoms with van der Waals surface area (Å²) in [4.78, 5) is 25.4. The molecule has 0 saturated carbocycles. The smallest absolute Gasteiger partial charge is 0.340 e. The van der Waals surface area contributed by atoms with Crippen molar-refractivity contribution in [1.82, 2.24) is 8.87 Å². The molecule has 2 heterocycles. The maximum Gasteiger partial charge on any atom is 0.340 e. The first kappa shape index (κ1) is 22.5. The van der Waals surface area contributed by atoms with E-state index < -0.39 is 16.0 Å². The van der Waals surface area contributed by atoms with E-state index in [2.05, 4.69) is 0 Å². The third-order valence-electron chi connectivity index (χ3n) is 5.85. The lowest BCUT2D eigenvalue weighted by Gasteiger charge is -2.30. The van der Waals surface area contributed by atoms with Gasteiger partial charge in [0.15, 0.2) is 0 Å². The predicted molar refractivity (Wildman–Crippen MR) is 122 cm³/mol. The second-order valence-electron chi connectivity index (χ2n) is 7.78. The van der Waals surface area contributed by atoms with Gasteiger partial charge in [-0.15, -0.1) is 0 Å². The normalized spacial score (nSPS) is 15.7. The number of para-hydroxylation sites is 1. The third kappa shape index (κ3) is 4.30. The molecule has 32 heavy (non-hydrogen) atoms. The number of fused-ring (bicyclic) bond motifs is 1. The molecule has 0 N–H and O–H groups in total. The van der Waals surface area contributed by atoms with E-state index in [1.807, 2.05) is 0 Å². The van der Waals surface area contributed by atoms with Crippen LogP contribution in [0.25, 0.3) is 10.9 Å². The van der Waals surface area contributed by atoms with Crippen LogP contribution in [0, 0.1) is 5.92 Å². The fourth-order valence-corrected chi connectivity index (χ4v) is 5.99. The van der Waals surface area contributed by atoms with Crippen LogP contribution >= 0.6 is 11.6 Å². The van der Waals surface area contributed by atoms with Crippen LogP contribution in [-0.4, -0.2) is 49.4 Å². The number of nitrogens with zero attached hydrogens (tertiary/aromatic N) is 2. The fourth-order valence-electron chi connectivity index (χ4n) is 4.12. The van der Waals surface area contributed by atoms with Crippen molar-refractivity contribution in [3.05, 3.63) is 70.9 Å². The number of piperidine rings is 1. The van der Waals surface area contributed by atoms with Gasteiger partial charge in [0.25, 0.3) is 0 Å². The molecular weight excluding hydrogens is 452 g/mol. The average molecular weight is 475 g/mol. The lowest BCUT2D eigenvalue weighted by atomic mass is 9.97. The summed E-state index contributed by atoms with van der Waals surface area (Å²) in [6.45, 7) is 0.512. The van der Waals surface area contributed by atoms with Gasteiger partial charge < -0.3 is 4.74 Å². The number of carbonyl (C=O) groups is 2. The molecule has 168 valence electrons. The van der Waals surface area contributed by atoms with Crippen LogP contribution in [0.4, 0.5) is 0 Å². The van der Waals surface area contributed by atoms with Crippen molar-refractivity contribution in [3.63, 3.8) is 0 Å². The monoisotopic (exact) mass is 474 g/mol. The fraction of sp³-hybridized carbons (Fsp3) is 0.304. The van der Waals surface area contributed by atoms with Crippen LogP contribution in [0.2, 0.25) is 5.02 Å². The average Bonchev–Trinajstić information content (AvgIpc) is 3.19. The highest BCUT2D eigenvalue weighted by molar-refractivity contribution is 7.88. The Morgan fingerprint density at radius 1 is 1.06 bits per heavy atom. The number of halogens is 1. The van der Waals surface area contributed by atoms with Gasteiger partial charge in [0.05, 0.1) is 23.9 Å². The molecule has 0 unspecified atom stereocenters. The van der Waals surface area contributed by atoms with Crippen molar-refractivity contribution in [3.8, 4) is 0 Å². The molecule has 1 fully saturated rings. The number of carbonyl (C=O) groups excluding carboxylic acids is 2. The first-order valence-corrected chi connectivity index (χ1v) is 12.2. The first-order valence-electron chi connectivity index (χ1n) is 10.3. The van der Waals surface area contributed by atoms with E-state index in [0.29, 0.717) is 39.9 Å². The van der Waals surface area contributed by atoms with E-state index in [1.54, 1.807) is 48.5 Å². The molecule has 1 aliphatic rings. The van der Waals surface area contributed by atoms with Crippen LogP contribution in [0.5, 0.6) is 0 Å². The molecule has 1 aromatic heterocycles. The summed E-state index contributed by atoms with van der Waals surface area (Å²) in [7, 11) is -2.25. The standard InChI is InChI=1S/C23H23ClN2O5S/c1-31-23(28)19-14-26(21-9-5-3-7-18(19)21)22(27)16-10-12-25(13-11-16)32(29,30)15-17-6-2-4-8-20(17)24/h2-9,14,16H,10-13,15H2,1H3. The molecule has 9 heteroatoms. The van der Waals surface area contributed by atoms with E-state index in [1.165, 1.54) is 22.2 Å². The molecular formula is C23H23ClN2O5S. The van der Waals surface area contributed by atoms with Crippen molar-refractivity contribution < 1.29 is 22.7 Å². The number of rotatable bonds is 5. The summed E-state index contributed by atoms with van der Waals surface area (Å²) in [6, 6.07) is 14.0. The van der Waals surface area contributed by atoms with Crippen molar-refractivity contribution in [2.24, 2.45) is 5.92 Å². The van der Waals surface area contributed by atoms with Gasteiger partial charge in [0.1, 0.15) is 0 Å². The van der Waals surface area contributed by atoms with Crippen LogP contribution in [0.1, 0.15) is 33.6 Å². The Morgan fingerprint density at radius 2 is 1.72 bits per heavy atom. The van der Waals surface area contributed by atoms with E-state index >= 15 is 0 Å². The van der Waals surface area contributed by atoms with Gasteiger partial charge in [0.2, 0.25) is 15.9 Å². The Hall–Kier alpha value is -2.68. The second-order valence-corrected chi connectivity index (χ2v) is 10.2. The summed E-state index contributed by atoms with van der Waals surface area (Å²) in [5.74, 6) is -1.17. The van der Waals surface area contributed by atoms with E-state index in [9.17, 15) is 18.0 Å². The maximum atomic E-state index is 13.3. The largest absolute Gasteiger partial charge is 0.465 e. The predicted octanol–water partition coefficient (Wildman–Crippen LogP) is 3.96. The number of benzene rings is 2. The number of aromatic nitrogens is 1. The number of sulfonamides is 1. The zero-order valence-corrected chi connectivity index (χ0v) is 19.1. The highest BCUT2D eigenvalue weighted by atomic mass is 35.5. The Bertz CT molecular complexity index is 1280. The summed E-state index contributed by atoms with van der Waals surface area (Å²) >= 11 is 6.12. The van der Waals surface area contributed by atoms with Gasteiger partial charge in [-0.2, -0.15) is 0 Å². The lowest BCUT2D eigenvalue weighted by Crippen LogP contribution is -2.41. The molecule has 4 rings (SSSR count). The minimum atomic E-state index is -3.55. The van der Waals surface area contributed by atoms with Crippen molar-refractivity contribution >= 4 is 44.4 Å². The zero-order valence-electron chi connectivity index (χ0n) is 17.5. The molecule has 0 bridgehead atoms. The Balaban J connectivity index is 1.50. The zero-order chi connectivity index (χ0) is 22.9. The topological polar surface area (TPSA) is 85.7 Å². The number of hydrogen-bond donors (Lipinski definition) is 0. The minimum absolute atomic E-state index is 0.153. The Labute approximate surface area is 191 Å². The number of ether oxygens (including phenoxy) is 1. The van der Waals surface area contributed by atoms with Crippen LogP contribution in [-0.2, 0) is 20.5 Å². The minimum Gasteiger partial charge on any atom is -0.465 e. The molecule has 1 aliphatic heterocycles. The highest BCUT2D eigenvalue weighted by Crippen LogP contribution is 2.28. The highest BCUT2D eigenvalue weighted by Gasteiger charge is 2.33. The van der Waals surface area contributed by atoms with Gasteiger partial charge in [0, 0.05) is 35.6 Å². The van der Waals surface area contributed by atoms with Crippen LogP contribution in [0.15, 0.2) is 54.7 Å². The van der Waals surface area contributed by atoms with Crippen LogP contribution in [0.3, 0.4) is 0 Å². The number of esters is 1. The van der Waals surface area contributed by atoms with Gasteiger partial charge in [-0.1, -0.05) is 48.0 Å². The second kappa shape index (κ2) is 9.05. The number of methoxy groups -OCH3 is 1. The lowest BCUT2D eigenvalue weighted by molar-refractivity contribution is 0.0603.